The zero-order chi connectivity index (χ0) is 19.4. The summed E-state index contributed by atoms with van der Waals surface area (Å²) >= 11 is 9.71. The topological polar surface area (TPSA) is 41.6 Å². The summed E-state index contributed by atoms with van der Waals surface area (Å²) in [5, 5.41) is 3.58. The summed E-state index contributed by atoms with van der Waals surface area (Å²) in [6, 6.07) is 9.83. The van der Waals surface area contributed by atoms with E-state index in [1.54, 1.807) is 0 Å². The molecule has 0 spiro atoms. The van der Waals surface area contributed by atoms with Gasteiger partial charge in [0.1, 0.15) is 5.75 Å². The number of piperidine rings is 1. The Kier molecular flexibility index (Phi) is 6.66. The van der Waals surface area contributed by atoms with Crippen molar-refractivity contribution in [3.8, 4) is 5.75 Å². The largest absolute Gasteiger partial charge is 0.483 e. The van der Waals surface area contributed by atoms with Crippen LogP contribution in [0.5, 0.6) is 5.75 Å². The van der Waals surface area contributed by atoms with Gasteiger partial charge < -0.3 is 15.0 Å². The van der Waals surface area contributed by atoms with Crippen LogP contribution >= 0.6 is 27.5 Å². The van der Waals surface area contributed by atoms with Crippen molar-refractivity contribution < 1.29 is 9.53 Å². The highest BCUT2D eigenvalue weighted by Gasteiger charge is 2.13. The number of hydrogen-bond donors (Lipinski definition) is 1. The van der Waals surface area contributed by atoms with Gasteiger partial charge in [-0.1, -0.05) is 11.6 Å². The van der Waals surface area contributed by atoms with E-state index in [4.69, 9.17) is 16.3 Å². The minimum atomic E-state index is -0.196. The van der Waals surface area contributed by atoms with Crippen molar-refractivity contribution in [2.45, 2.75) is 33.1 Å². The van der Waals surface area contributed by atoms with E-state index in [0.29, 0.717) is 10.8 Å². The van der Waals surface area contributed by atoms with Crippen LogP contribution in [0.4, 0.5) is 11.4 Å². The first-order chi connectivity index (χ1) is 13.0. The fourth-order valence-corrected chi connectivity index (χ4v) is 3.94. The summed E-state index contributed by atoms with van der Waals surface area (Å²) < 4.78 is 6.46. The molecular formula is C21H24BrClN2O2. The van der Waals surface area contributed by atoms with Gasteiger partial charge in [-0.05, 0) is 90.5 Å². The molecule has 1 amide bonds. The molecule has 27 heavy (non-hydrogen) atoms. The molecule has 0 unspecified atom stereocenters. The molecule has 4 nitrogen and oxygen atoms in total. The van der Waals surface area contributed by atoms with Crippen LogP contribution in [0.1, 0.15) is 30.4 Å². The number of nitrogens with zero attached hydrogens (tertiary/aromatic N) is 1. The lowest BCUT2D eigenvalue weighted by Gasteiger charge is -2.28. The third-order valence-corrected chi connectivity index (χ3v) is 6.37. The number of amides is 1. The Bertz CT molecular complexity index is 818. The highest BCUT2D eigenvalue weighted by Crippen LogP contribution is 2.35. The maximum Gasteiger partial charge on any atom is 0.262 e. The second-order valence-electron chi connectivity index (χ2n) is 6.88. The molecule has 1 fully saturated rings. The summed E-state index contributed by atoms with van der Waals surface area (Å²) in [6.07, 6.45) is 3.80. The monoisotopic (exact) mass is 450 g/mol. The molecule has 144 valence electrons. The van der Waals surface area contributed by atoms with Crippen LogP contribution in [-0.4, -0.2) is 25.6 Å². The van der Waals surface area contributed by atoms with Gasteiger partial charge in [-0.3, -0.25) is 4.79 Å². The molecule has 2 aromatic rings. The van der Waals surface area contributed by atoms with Crippen LogP contribution in [0, 0.1) is 13.8 Å². The van der Waals surface area contributed by atoms with Crippen LogP contribution < -0.4 is 15.0 Å². The van der Waals surface area contributed by atoms with Crippen molar-refractivity contribution in [2.75, 3.05) is 29.9 Å². The molecule has 2 aromatic carbocycles. The van der Waals surface area contributed by atoms with Crippen LogP contribution in [0.15, 0.2) is 34.8 Å². The first-order valence-corrected chi connectivity index (χ1v) is 10.4. The van der Waals surface area contributed by atoms with Gasteiger partial charge in [-0.25, -0.2) is 0 Å². The average molecular weight is 452 g/mol. The molecule has 1 saturated heterocycles. The summed E-state index contributed by atoms with van der Waals surface area (Å²) in [5.74, 6) is 0.419. The molecule has 1 heterocycles. The van der Waals surface area contributed by atoms with Gasteiger partial charge in [0.2, 0.25) is 0 Å². The minimum absolute atomic E-state index is 0.0625. The predicted octanol–water partition coefficient (Wildman–Crippen LogP) is 5.73. The first kappa shape index (κ1) is 20.0. The number of halogens is 2. The van der Waals surface area contributed by atoms with E-state index < -0.39 is 0 Å². The molecule has 0 bridgehead atoms. The number of benzene rings is 2. The van der Waals surface area contributed by atoms with Crippen molar-refractivity contribution in [2.24, 2.45) is 0 Å². The summed E-state index contributed by atoms with van der Waals surface area (Å²) in [5.41, 5.74) is 3.80. The maximum atomic E-state index is 12.2. The number of anilines is 2. The molecule has 1 aliphatic heterocycles. The highest BCUT2D eigenvalue weighted by molar-refractivity contribution is 9.10. The lowest BCUT2D eigenvalue weighted by molar-refractivity contribution is -0.118. The Hall–Kier alpha value is -1.72. The van der Waals surface area contributed by atoms with Crippen molar-refractivity contribution in [3.05, 3.63) is 51.0 Å². The fraction of sp³-hybridized carbons (Fsp3) is 0.381. The third-order valence-electron chi connectivity index (χ3n) is 4.80. The predicted molar refractivity (Wildman–Crippen MR) is 115 cm³/mol. The van der Waals surface area contributed by atoms with E-state index in [9.17, 15) is 4.79 Å². The molecule has 0 saturated carbocycles. The zero-order valence-corrected chi connectivity index (χ0v) is 18.0. The van der Waals surface area contributed by atoms with Crippen LogP contribution in [0.25, 0.3) is 0 Å². The SMILES string of the molecule is Cc1cc(OCC(=O)Nc2ccc(N3CCCCC3)cc2)c(Br)c(C)c1Cl. The van der Waals surface area contributed by atoms with Crippen molar-refractivity contribution in [3.63, 3.8) is 0 Å². The summed E-state index contributed by atoms with van der Waals surface area (Å²) in [6.45, 7) is 5.98. The van der Waals surface area contributed by atoms with Gasteiger partial charge in [0.25, 0.3) is 5.91 Å². The Morgan fingerprint density at radius 2 is 1.85 bits per heavy atom. The number of hydrogen-bond acceptors (Lipinski definition) is 3. The molecule has 1 aliphatic rings. The highest BCUT2D eigenvalue weighted by atomic mass is 79.9. The van der Waals surface area contributed by atoms with E-state index in [2.05, 4.69) is 38.3 Å². The Balaban J connectivity index is 1.56. The Morgan fingerprint density at radius 1 is 1.19 bits per heavy atom. The van der Waals surface area contributed by atoms with E-state index >= 15 is 0 Å². The average Bonchev–Trinajstić information content (AvgIpc) is 2.69. The van der Waals surface area contributed by atoms with E-state index in [0.717, 1.165) is 34.4 Å². The molecule has 0 atom stereocenters. The Labute approximate surface area is 174 Å². The molecule has 0 aliphatic carbocycles. The minimum Gasteiger partial charge on any atom is -0.483 e. The van der Waals surface area contributed by atoms with Gasteiger partial charge in [0, 0.05) is 29.5 Å². The van der Waals surface area contributed by atoms with E-state index in [-0.39, 0.29) is 12.5 Å². The number of ether oxygens (including phenoxy) is 1. The maximum absolute atomic E-state index is 12.2. The number of carbonyl (C=O) groups is 1. The molecule has 0 radical (unpaired) electrons. The second kappa shape index (κ2) is 8.98. The lowest BCUT2D eigenvalue weighted by atomic mass is 10.1. The first-order valence-electron chi connectivity index (χ1n) is 9.18. The van der Waals surface area contributed by atoms with Crippen LogP contribution in [-0.2, 0) is 4.79 Å². The van der Waals surface area contributed by atoms with Crippen LogP contribution in [0.2, 0.25) is 5.02 Å². The lowest BCUT2D eigenvalue weighted by Crippen LogP contribution is -2.29. The number of nitrogens with one attached hydrogen (secondary N) is 1. The number of rotatable bonds is 5. The standard InChI is InChI=1S/C21H24BrClN2O2/c1-14-12-18(20(22)15(2)21(14)23)27-13-19(26)24-16-6-8-17(9-7-16)25-10-4-3-5-11-25/h6-9,12H,3-5,10-11,13H2,1-2H3,(H,24,26). The molecular weight excluding hydrogens is 428 g/mol. The van der Waals surface area contributed by atoms with Gasteiger partial charge >= 0.3 is 0 Å². The normalized spacial score (nSPS) is 14.1. The fourth-order valence-electron chi connectivity index (χ4n) is 3.25. The molecule has 6 heteroatoms. The van der Waals surface area contributed by atoms with Gasteiger partial charge in [-0.2, -0.15) is 0 Å². The Morgan fingerprint density at radius 3 is 2.52 bits per heavy atom. The smallest absolute Gasteiger partial charge is 0.262 e. The molecule has 0 aromatic heterocycles. The molecule has 1 N–H and O–H groups in total. The quantitative estimate of drug-likeness (QED) is 0.631. The van der Waals surface area contributed by atoms with Crippen molar-refractivity contribution in [1.82, 2.24) is 0 Å². The number of aryl methyl sites for hydroxylation is 1. The van der Waals surface area contributed by atoms with Gasteiger partial charge in [0.15, 0.2) is 6.61 Å². The zero-order valence-electron chi connectivity index (χ0n) is 15.6. The molecule has 3 rings (SSSR count). The summed E-state index contributed by atoms with van der Waals surface area (Å²) in [7, 11) is 0. The van der Waals surface area contributed by atoms with E-state index in [1.807, 2.05) is 32.0 Å². The third kappa shape index (κ3) is 4.96. The van der Waals surface area contributed by atoms with Gasteiger partial charge in [-0.15, -0.1) is 0 Å². The second-order valence-corrected chi connectivity index (χ2v) is 8.05. The number of carbonyl (C=O) groups excluding carboxylic acids is 1. The summed E-state index contributed by atoms with van der Waals surface area (Å²) in [4.78, 5) is 14.6. The van der Waals surface area contributed by atoms with Crippen molar-refractivity contribution in [1.29, 1.82) is 0 Å². The van der Waals surface area contributed by atoms with E-state index in [1.165, 1.54) is 24.9 Å². The van der Waals surface area contributed by atoms with Crippen molar-refractivity contribution >= 4 is 44.8 Å². The van der Waals surface area contributed by atoms with Gasteiger partial charge in [0.05, 0.1) is 4.47 Å². The van der Waals surface area contributed by atoms with Crippen LogP contribution in [0.3, 0.4) is 0 Å².